The Bertz CT molecular complexity index is 452. The van der Waals surface area contributed by atoms with Gasteiger partial charge >= 0.3 is 0 Å². The van der Waals surface area contributed by atoms with Crippen LogP contribution in [0.1, 0.15) is 25.8 Å². The Kier molecular flexibility index (Phi) is 6.36. The van der Waals surface area contributed by atoms with Crippen molar-refractivity contribution in [1.29, 1.82) is 0 Å². The van der Waals surface area contributed by atoms with Gasteiger partial charge in [-0.1, -0.05) is 21.9 Å². The van der Waals surface area contributed by atoms with Crippen LogP contribution >= 0.6 is 15.9 Å². The van der Waals surface area contributed by atoms with Crippen molar-refractivity contribution < 1.29 is 9.84 Å². The van der Waals surface area contributed by atoms with E-state index in [2.05, 4.69) is 41.0 Å². The third-order valence-corrected chi connectivity index (χ3v) is 3.32. The van der Waals surface area contributed by atoms with Crippen LogP contribution in [0.3, 0.4) is 0 Å². The molecule has 0 aliphatic rings. The molecular weight excluding hydrogens is 306 g/mol. The lowest BCUT2D eigenvalue weighted by atomic mass is 10.0. The quantitative estimate of drug-likeness (QED) is 0.757. The van der Waals surface area contributed by atoms with E-state index in [0.29, 0.717) is 13.0 Å². The fraction of sp³-hybridized carbons (Fsp3) is 0.467. The maximum absolute atomic E-state index is 9.02. The van der Waals surface area contributed by atoms with Crippen molar-refractivity contribution in [2.75, 3.05) is 13.2 Å². The van der Waals surface area contributed by atoms with E-state index in [1.165, 1.54) is 0 Å². The predicted octanol–water partition coefficient (Wildman–Crippen LogP) is 2.71. The molecule has 0 unspecified atom stereocenters. The largest absolute Gasteiger partial charge is 0.481 e. The van der Waals surface area contributed by atoms with Crippen LogP contribution in [0, 0.1) is 12.3 Å². The number of ether oxygens (including phenoxy) is 1. The zero-order chi connectivity index (χ0) is 14.3. The van der Waals surface area contributed by atoms with Crippen LogP contribution in [0.5, 0.6) is 5.75 Å². The molecule has 0 radical (unpaired) electrons. The third kappa shape index (κ3) is 5.65. The summed E-state index contributed by atoms with van der Waals surface area (Å²) in [5, 5.41) is 12.4. The Morgan fingerprint density at radius 3 is 2.84 bits per heavy atom. The first-order valence-corrected chi connectivity index (χ1v) is 6.98. The first kappa shape index (κ1) is 16.0. The highest BCUT2D eigenvalue weighted by Crippen LogP contribution is 2.24. The van der Waals surface area contributed by atoms with Gasteiger partial charge in [0.05, 0.1) is 0 Å². The maximum atomic E-state index is 9.02. The smallest absolute Gasteiger partial charge is 0.148 e. The zero-order valence-electron chi connectivity index (χ0n) is 11.4. The second kappa shape index (κ2) is 7.54. The minimum Gasteiger partial charge on any atom is -0.481 e. The zero-order valence-corrected chi connectivity index (χ0v) is 13.0. The van der Waals surface area contributed by atoms with E-state index in [9.17, 15) is 0 Å². The highest BCUT2D eigenvalue weighted by molar-refractivity contribution is 9.10. The first-order chi connectivity index (χ1) is 8.98. The predicted molar refractivity (Wildman–Crippen MR) is 81.1 cm³/mol. The van der Waals surface area contributed by atoms with Gasteiger partial charge in [-0.15, -0.1) is 6.42 Å². The van der Waals surface area contributed by atoms with Gasteiger partial charge in [-0.2, -0.15) is 0 Å². The molecule has 0 bridgehead atoms. The van der Waals surface area contributed by atoms with Gasteiger partial charge < -0.3 is 15.2 Å². The van der Waals surface area contributed by atoms with Gasteiger partial charge in [-0.25, -0.2) is 0 Å². The monoisotopic (exact) mass is 325 g/mol. The number of halogens is 1. The van der Waals surface area contributed by atoms with Crippen molar-refractivity contribution in [3.63, 3.8) is 0 Å². The van der Waals surface area contributed by atoms with Crippen LogP contribution < -0.4 is 10.1 Å². The van der Waals surface area contributed by atoms with E-state index in [4.69, 9.17) is 16.3 Å². The molecule has 0 aromatic heterocycles. The highest BCUT2D eigenvalue weighted by atomic mass is 79.9. The lowest BCUT2D eigenvalue weighted by Crippen LogP contribution is -2.39. The van der Waals surface area contributed by atoms with Crippen molar-refractivity contribution in [2.24, 2.45) is 0 Å². The van der Waals surface area contributed by atoms with E-state index in [1.807, 2.05) is 18.2 Å². The van der Waals surface area contributed by atoms with Crippen LogP contribution in [-0.2, 0) is 6.54 Å². The van der Waals surface area contributed by atoms with Crippen molar-refractivity contribution in [2.45, 2.75) is 32.4 Å². The summed E-state index contributed by atoms with van der Waals surface area (Å²) < 4.78 is 6.52. The van der Waals surface area contributed by atoms with Crippen LogP contribution in [0.2, 0.25) is 0 Å². The summed E-state index contributed by atoms with van der Waals surface area (Å²) in [6.07, 6.45) is 5.91. The molecule has 0 fully saturated rings. The fourth-order valence-electron chi connectivity index (χ4n) is 1.65. The van der Waals surface area contributed by atoms with Gasteiger partial charge in [0.1, 0.15) is 12.4 Å². The Hall–Kier alpha value is -1.02. The van der Waals surface area contributed by atoms with Crippen molar-refractivity contribution in [3.8, 4) is 18.1 Å². The molecule has 1 aromatic rings. The molecule has 0 atom stereocenters. The summed E-state index contributed by atoms with van der Waals surface area (Å²) in [4.78, 5) is 0. The minimum atomic E-state index is -0.125. The number of terminal acetylenes is 1. The molecule has 2 N–H and O–H groups in total. The standard InChI is InChI=1S/C15H20BrNO2/c1-4-9-19-14-6-5-13(16)10-12(14)11-17-15(2,3)7-8-18/h1,5-6,10,17-18H,7-9,11H2,2-3H3. The summed E-state index contributed by atoms with van der Waals surface area (Å²) in [6.45, 7) is 5.20. The molecule has 1 rings (SSSR count). The number of nitrogens with one attached hydrogen (secondary N) is 1. The lowest BCUT2D eigenvalue weighted by Gasteiger charge is -2.26. The molecule has 0 saturated carbocycles. The molecule has 104 valence electrons. The van der Waals surface area contributed by atoms with Crippen molar-refractivity contribution in [3.05, 3.63) is 28.2 Å². The average Bonchev–Trinajstić information content (AvgIpc) is 2.35. The normalized spacial score (nSPS) is 11.1. The van der Waals surface area contributed by atoms with E-state index >= 15 is 0 Å². The lowest BCUT2D eigenvalue weighted by molar-refractivity contribution is 0.229. The van der Waals surface area contributed by atoms with Gasteiger partial charge in [-0.3, -0.25) is 0 Å². The van der Waals surface area contributed by atoms with E-state index < -0.39 is 0 Å². The molecule has 0 spiro atoms. The number of aliphatic hydroxyl groups is 1. The topological polar surface area (TPSA) is 41.5 Å². The number of hydrogen-bond donors (Lipinski definition) is 2. The van der Waals surface area contributed by atoms with Crippen LogP contribution in [-0.4, -0.2) is 23.9 Å². The van der Waals surface area contributed by atoms with Gasteiger partial charge in [0.15, 0.2) is 0 Å². The molecular formula is C15H20BrNO2. The summed E-state index contributed by atoms with van der Waals surface area (Å²) in [5.41, 5.74) is 0.913. The Labute approximate surface area is 123 Å². The maximum Gasteiger partial charge on any atom is 0.148 e. The summed E-state index contributed by atoms with van der Waals surface area (Å²) >= 11 is 3.45. The van der Waals surface area contributed by atoms with Crippen LogP contribution in [0.25, 0.3) is 0 Å². The van der Waals surface area contributed by atoms with Crippen LogP contribution in [0.4, 0.5) is 0 Å². The molecule has 19 heavy (non-hydrogen) atoms. The Morgan fingerprint density at radius 2 is 2.21 bits per heavy atom. The van der Waals surface area contributed by atoms with Gasteiger partial charge in [0.25, 0.3) is 0 Å². The molecule has 0 saturated heterocycles. The van der Waals surface area contributed by atoms with E-state index in [-0.39, 0.29) is 18.8 Å². The molecule has 3 nitrogen and oxygen atoms in total. The Balaban J connectivity index is 2.75. The molecule has 1 aromatic carbocycles. The number of hydrogen-bond acceptors (Lipinski definition) is 3. The Morgan fingerprint density at radius 1 is 1.47 bits per heavy atom. The highest BCUT2D eigenvalue weighted by Gasteiger charge is 2.17. The average molecular weight is 326 g/mol. The molecule has 0 aliphatic heterocycles. The van der Waals surface area contributed by atoms with Crippen molar-refractivity contribution >= 4 is 15.9 Å². The SMILES string of the molecule is C#CCOc1ccc(Br)cc1CNC(C)(C)CCO. The van der Waals surface area contributed by atoms with E-state index in [0.717, 1.165) is 15.8 Å². The number of aliphatic hydroxyl groups excluding tert-OH is 1. The van der Waals surface area contributed by atoms with Crippen molar-refractivity contribution in [1.82, 2.24) is 5.32 Å². The molecule has 0 heterocycles. The summed E-state index contributed by atoms with van der Waals surface area (Å²) in [7, 11) is 0. The van der Waals surface area contributed by atoms with E-state index in [1.54, 1.807) is 0 Å². The summed E-state index contributed by atoms with van der Waals surface area (Å²) in [5.74, 6) is 3.25. The summed E-state index contributed by atoms with van der Waals surface area (Å²) in [6, 6.07) is 5.83. The van der Waals surface area contributed by atoms with Gasteiger partial charge in [0.2, 0.25) is 0 Å². The molecule has 4 heteroatoms. The number of benzene rings is 1. The number of rotatable bonds is 7. The van der Waals surface area contributed by atoms with Gasteiger partial charge in [0, 0.05) is 28.7 Å². The third-order valence-electron chi connectivity index (χ3n) is 2.83. The molecule has 0 amide bonds. The molecule has 0 aliphatic carbocycles. The second-order valence-electron chi connectivity index (χ2n) is 4.96. The first-order valence-electron chi connectivity index (χ1n) is 6.19. The second-order valence-corrected chi connectivity index (χ2v) is 5.87. The minimum absolute atomic E-state index is 0.125. The van der Waals surface area contributed by atoms with Crippen LogP contribution in [0.15, 0.2) is 22.7 Å². The van der Waals surface area contributed by atoms with Gasteiger partial charge in [-0.05, 0) is 38.5 Å². The fourth-order valence-corrected chi connectivity index (χ4v) is 2.06.